The van der Waals surface area contributed by atoms with Crippen LogP contribution in [0.15, 0.2) is 5.38 Å². The number of aryl methyl sites for hydroxylation is 1. The Hall–Kier alpha value is -0.980. The lowest BCUT2D eigenvalue weighted by Crippen LogP contribution is -2.20. The van der Waals surface area contributed by atoms with E-state index >= 15 is 0 Å². The number of aliphatic carboxylic acids is 1. The van der Waals surface area contributed by atoms with E-state index in [4.69, 9.17) is 15.6 Å². The molecule has 0 aromatic carbocycles. The van der Waals surface area contributed by atoms with Crippen molar-refractivity contribution in [2.24, 2.45) is 5.73 Å². The number of nitrogens with two attached hydrogens (primary N) is 1. The maximum absolute atomic E-state index is 10.6. The van der Waals surface area contributed by atoms with Crippen molar-refractivity contribution in [3.63, 3.8) is 0 Å². The lowest BCUT2D eigenvalue weighted by atomic mass is 10.2. The van der Waals surface area contributed by atoms with E-state index in [2.05, 4.69) is 4.98 Å². The van der Waals surface area contributed by atoms with Crippen molar-refractivity contribution < 1.29 is 14.6 Å². The number of carboxylic acids is 1. The summed E-state index contributed by atoms with van der Waals surface area (Å²) in [5, 5.41) is 11.3. The fourth-order valence-corrected chi connectivity index (χ4v) is 1.95. The highest BCUT2D eigenvalue weighted by Gasteiger charge is 2.17. The average molecular weight is 230 g/mol. The standard InChI is InChI=1S/C9H14N2O3S/c1-14-4-2-3-7-11-6(5-15-7)8(10)9(12)13/h5,8H,2-4,10H2,1H3,(H,12,13). The van der Waals surface area contributed by atoms with Crippen LogP contribution in [0, 0.1) is 0 Å². The Morgan fingerprint density at radius 1 is 1.80 bits per heavy atom. The minimum Gasteiger partial charge on any atom is -0.480 e. The summed E-state index contributed by atoms with van der Waals surface area (Å²) in [5.41, 5.74) is 5.86. The monoisotopic (exact) mass is 230 g/mol. The van der Waals surface area contributed by atoms with Gasteiger partial charge in [-0.25, -0.2) is 4.98 Å². The van der Waals surface area contributed by atoms with Gasteiger partial charge in [0.25, 0.3) is 0 Å². The van der Waals surface area contributed by atoms with Crippen molar-refractivity contribution in [1.82, 2.24) is 4.98 Å². The van der Waals surface area contributed by atoms with Crippen molar-refractivity contribution in [3.8, 4) is 0 Å². The van der Waals surface area contributed by atoms with Crippen LogP contribution >= 0.6 is 11.3 Å². The Bertz CT molecular complexity index is 327. The highest BCUT2D eigenvalue weighted by Crippen LogP contribution is 2.16. The van der Waals surface area contributed by atoms with Crippen LogP contribution in [0.2, 0.25) is 0 Å². The molecule has 0 radical (unpaired) electrons. The van der Waals surface area contributed by atoms with Gasteiger partial charge in [-0.1, -0.05) is 0 Å². The molecule has 1 aromatic heterocycles. The van der Waals surface area contributed by atoms with Crippen LogP contribution in [-0.2, 0) is 16.0 Å². The van der Waals surface area contributed by atoms with Gasteiger partial charge in [0.2, 0.25) is 0 Å². The van der Waals surface area contributed by atoms with Gasteiger partial charge in [0, 0.05) is 25.5 Å². The first-order valence-electron chi connectivity index (χ1n) is 4.56. The number of thiazole rings is 1. The number of methoxy groups -OCH3 is 1. The second kappa shape index (κ2) is 5.79. The predicted molar refractivity (Wildman–Crippen MR) is 56.9 cm³/mol. The van der Waals surface area contributed by atoms with Crippen molar-refractivity contribution in [3.05, 3.63) is 16.1 Å². The number of hydrogen-bond donors (Lipinski definition) is 2. The van der Waals surface area contributed by atoms with Crippen LogP contribution < -0.4 is 5.73 Å². The molecule has 0 saturated carbocycles. The van der Waals surface area contributed by atoms with Crippen molar-refractivity contribution >= 4 is 17.3 Å². The first-order valence-corrected chi connectivity index (χ1v) is 5.44. The maximum Gasteiger partial charge on any atom is 0.326 e. The third-order valence-corrected chi connectivity index (χ3v) is 2.82. The van der Waals surface area contributed by atoms with E-state index in [1.165, 1.54) is 11.3 Å². The van der Waals surface area contributed by atoms with Crippen LogP contribution in [0.25, 0.3) is 0 Å². The lowest BCUT2D eigenvalue weighted by molar-refractivity contribution is -0.138. The minimum absolute atomic E-state index is 0.430. The number of aromatic nitrogens is 1. The number of carboxylic acid groups (broad SMARTS) is 1. The molecule has 1 rings (SSSR count). The summed E-state index contributed by atoms with van der Waals surface area (Å²) < 4.78 is 4.91. The molecule has 84 valence electrons. The zero-order valence-corrected chi connectivity index (χ0v) is 9.29. The number of hydrogen-bond acceptors (Lipinski definition) is 5. The fraction of sp³-hybridized carbons (Fsp3) is 0.556. The van der Waals surface area contributed by atoms with Crippen LogP contribution in [0.1, 0.15) is 23.2 Å². The van der Waals surface area contributed by atoms with E-state index in [0.717, 1.165) is 17.8 Å². The van der Waals surface area contributed by atoms with Gasteiger partial charge in [-0.2, -0.15) is 0 Å². The van der Waals surface area contributed by atoms with E-state index in [1.807, 2.05) is 0 Å². The van der Waals surface area contributed by atoms with E-state index in [-0.39, 0.29) is 0 Å². The summed E-state index contributed by atoms with van der Waals surface area (Å²) in [4.78, 5) is 14.7. The topological polar surface area (TPSA) is 85.4 Å². The SMILES string of the molecule is COCCCc1nc(C(N)C(=O)O)cs1. The van der Waals surface area contributed by atoms with Crippen molar-refractivity contribution in [2.75, 3.05) is 13.7 Å². The normalized spacial score (nSPS) is 12.7. The van der Waals surface area contributed by atoms with Gasteiger partial charge >= 0.3 is 5.97 Å². The fourth-order valence-electron chi connectivity index (χ4n) is 1.08. The Labute approximate surface area is 91.9 Å². The Balaban J connectivity index is 2.52. The molecule has 1 unspecified atom stereocenters. The lowest BCUT2D eigenvalue weighted by Gasteiger charge is -2.00. The molecule has 0 aliphatic carbocycles. The summed E-state index contributed by atoms with van der Waals surface area (Å²) in [6.45, 7) is 0.680. The van der Waals surface area contributed by atoms with Crippen molar-refractivity contribution in [1.29, 1.82) is 0 Å². The van der Waals surface area contributed by atoms with E-state index in [0.29, 0.717) is 12.3 Å². The van der Waals surface area contributed by atoms with Gasteiger partial charge < -0.3 is 15.6 Å². The number of rotatable bonds is 6. The summed E-state index contributed by atoms with van der Waals surface area (Å²) in [6, 6.07) is -1.02. The molecule has 0 aliphatic heterocycles. The number of ether oxygens (including phenoxy) is 1. The summed E-state index contributed by atoms with van der Waals surface area (Å²) in [5.74, 6) is -1.05. The van der Waals surface area contributed by atoms with Crippen molar-refractivity contribution in [2.45, 2.75) is 18.9 Å². The summed E-state index contributed by atoms with van der Waals surface area (Å²) >= 11 is 1.44. The Morgan fingerprint density at radius 2 is 2.53 bits per heavy atom. The molecule has 1 aromatic rings. The largest absolute Gasteiger partial charge is 0.480 e. The molecule has 0 amide bonds. The quantitative estimate of drug-likeness (QED) is 0.706. The smallest absolute Gasteiger partial charge is 0.326 e. The Kier molecular flexibility index (Phi) is 4.67. The average Bonchev–Trinajstić information content (AvgIpc) is 2.65. The van der Waals surface area contributed by atoms with E-state index < -0.39 is 12.0 Å². The predicted octanol–water partition coefficient (Wildman–Crippen LogP) is 0.806. The molecular weight excluding hydrogens is 216 g/mol. The molecule has 0 aliphatic rings. The van der Waals surface area contributed by atoms with Gasteiger partial charge in [-0.15, -0.1) is 11.3 Å². The zero-order valence-electron chi connectivity index (χ0n) is 8.47. The third kappa shape index (κ3) is 3.58. The van der Waals surface area contributed by atoms with E-state index in [9.17, 15) is 4.79 Å². The third-order valence-electron chi connectivity index (χ3n) is 1.89. The van der Waals surface area contributed by atoms with Gasteiger partial charge in [-0.3, -0.25) is 4.79 Å². The molecular formula is C9H14N2O3S. The zero-order chi connectivity index (χ0) is 11.3. The number of nitrogens with zero attached hydrogens (tertiary/aromatic N) is 1. The Morgan fingerprint density at radius 3 is 3.13 bits per heavy atom. The molecule has 0 fully saturated rings. The molecule has 0 bridgehead atoms. The van der Waals surface area contributed by atoms with E-state index in [1.54, 1.807) is 12.5 Å². The second-order valence-electron chi connectivity index (χ2n) is 3.08. The summed E-state index contributed by atoms with van der Waals surface area (Å²) in [6.07, 6.45) is 1.68. The number of carbonyl (C=O) groups is 1. The molecule has 0 saturated heterocycles. The molecule has 1 heterocycles. The summed E-state index contributed by atoms with van der Waals surface area (Å²) in [7, 11) is 1.65. The minimum atomic E-state index is -1.05. The molecule has 5 nitrogen and oxygen atoms in total. The van der Waals surface area contributed by atoms with Crippen LogP contribution in [0.4, 0.5) is 0 Å². The maximum atomic E-state index is 10.6. The second-order valence-corrected chi connectivity index (χ2v) is 4.02. The molecule has 15 heavy (non-hydrogen) atoms. The van der Waals surface area contributed by atoms with Gasteiger partial charge in [0.05, 0.1) is 10.7 Å². The van der Waals surface area contributed by atoms with Crippen LogP contribution in [0.5, 0.6) is 0 Å². The first-order chi connectivity index (χ1) is 7.15. The first kappa shape index (κ1) is 12.1. The highest BCUT2D eigenvalue weighted by molar-refractivity contribution is 7.09. The molecule has 1 atom stereocenters. The highest BCUT2D eigenvalue weighted by atomic mass is 32.1. The molecule has 6 heteroatoms. The van der Waals surface area contributed by atoms with Gasteiger partial charge in [0.15, 0.2) is 0 Å². The van der Waals surface area contributed by atoms with Gasteiger partial charge in [0.1, 0.15) is 6.04 Å². The molecule has 3 N–H and O–H groups in total. The van der Waals surface area contributed by atoms with Crippen LogP contribution in [-0.4, -0.2) is 29.8 Å². The van der Waals surface area contributed by atoms with Crippen LogP contribution in [0.3, 0.4) is 0 Å². The molecule has 0 spiro atoms. The van der Waals surface area contributed by atoms with Gasteiger partial charge in [-0.05, 0) is 6.42 Å².